The smallest absolute Gasteiger partial charge is 0.255 e. The maximum absolute atomic E-state index is 12.0. The molecule has 18 heavy (non-hydrogen) atoms. The lowest BCUT2D eigenvalue weighted by Gasteiger charge is -2.05. The monoisotopic (exact) mass is 237 g/mol. The van der Waals surface area contributed by atoms with Gasteiger partial charge in [-0.2, -0.15) is 0 Å². The first kappa shape index (κ1) is 10.5. The highest BCUT2D eigenvalue weighted by Gasteiger charge is 2.06. The molecule has 0 unspecified atom stereocenters. The van der Waals surface area contributed by atoms with Crippen LogP contribution < -0.4 is 5.32 Å². The molecule has 2 heterocycles. The molecule has 0 aliphatic rings. The summed E-state index contributed by atoms with van der Waals surface area (Å²) in [6, 6.07) is 12.9. The highest BCUT2D eigenvalue weighted by Crippen LogP contribution is 2.10. The lowest BCUT2D eigenvalue weighted by molar-refractivity contribution is 0.102. The van der Waals surface area contributed by atoms with Gasteiger partial charge in [0, 0.05) is 29.8 Å². The van der Waals surface area contributed by atoms with Crippen molar-refractivity contribution in [3.05, 3.63) is 66.6 Å². The lowest BCUT2D eigenvalue weighted by atomic mass is 10.2. The van der Waals surface area contributed by atoms with Crippen LogP contribution in [0.4, 0.5) is 5.69 Å². The second-order valence-electron chi connectivity index (χ2n) is 3.93. The van der Waals surface area contributed by atoms with Crippen molar-refractivity contribution in [2.24, 2.45) is 0 Å². The summed E-state index contributed by atoms with van der Waals surface area (Å²) in [5.41, 5.74) is 2.14. The van der Waals surface area contributed by atoms with Crippen LogP contribution in [0.2, 0.25) is 0 Å². The lowest BCUT2D eigenvalue weighted by Crippen LogP contribution is -2.12. The Morgan fingerprint density at radius 1 is 1.11 bits per heavy atom. The van der Waals surface area contributed by atoms with E-state index < -0.39 is 0 Å². The molecule has 0 spiro atoms. The van der Waals surface area contributed by atoms with Gasteiger partial charge in [0.15, 0.2) is 0 Å². The Labute approximate surface area is 104 Å². The fourth-order valence-electron chi connectivity index (χ4n) is 1.78. The highest BCUT2D eigenvalue weighted by atomic mass is 16.1. The van der Waals surface area contributed by atoms with Crippen molar-refractivity contribution >= 4 is 17.2 Å². The standard InChI is InChI=1S/C14H11N3O/c18-14(16-12-4-2-1-3-5-12)11-6-8-17-9-7-15-13(17)10-11/h1-10H,(H,16,18). The second kappa shape index (κ2) is 4.33. The summed E-state index contributed by atoms with van der Waals surface area (Å²) in [6.07, 6.45) is 5.37. The van der Waals surface area contributed by atoms with Crippen LogP contribution in [0.1, 0.15) is 10.4 Å². The van der Waals surface area contributed by atoms with E-state index in [4.69, 9.17) is 0 Å². The van der Waals surface area contributed by atoms with E-state index in [1.165, 1.54) is 0 Å². The average Bonchev–Trinajstić information content (AvgIpc) is 2.87. The number of hydrogen-bond donors (Lipinski definition) is 1. The second-order valence-corrected chi connectivity index (χ2v) is 3.93. The van der Waals surface area contributed by atoms with Crippen molar-refractivity contribution in [2.75, 3.05) is 5.32 Å². The van der Waals surface area contributed by atoms with Crippen LogP contribution in [0.3, 0.4) is 0 Å². The first-order valence-corrected chi connectivity index (χ1v) is 5.62. The zero-order chi connectivity index (χ0) is 12.4. The maximum atomic E-state index is 12.0. The van der Waals surface area contributed by atoms with E-state index >= 15 is 0 Å². The zero-order valence-electron chi connectivity index (χ0n) is 9.58. The first-order chi connectivity index (χ1) is 8.83. The van der Waals surface area contributed by atoms with Gasteiger partial charge in [0.2, 0.25) is 0 Å². The summed E-state index contributed by atoms with van der Waals surface area (Å²) in [6.45, 7) is 0. The van der Waals surface area contributed by atoms with Gasteiger partial charge in [0.05, 0.1) is 0 Å². The summed E-state index contributed by atoms with van der Waals surface area (Å²) < 4.78 is 1.86. The minimum atomic E-state index is -0.133. The minimum Gasteiger partial charge on any atom is -0.322 e. The number of anilines is 1. The molecule has 1 amide bonds. The van der Waals surface area contributed by atoms with Crippen LogP contribution >= 0.6 is 0 Å². The molecule has 0 fully saturated rings. The molecule has 0 aliphatic heterocycles. The number of amides is 1. The predicted molar refractivity (Wildman–Crippen MR) is 69.6 cm³/mol. The number of nitrogens with one attached hydrogen (secondary N) is 1. The molecule has 1 N–H and O–H groups in total. The van der Waals surface area contributed by atoms with Gasteiger partial charge in [-0.1, -0.05) is 18.2 Å². The van der Waals surface area contributed by atoms with Crippen LogP contribution in [0, 0.1) is 0 Å². The normalized spacial score (nSPS) is 10.4. The van der Waals surface area contributed by atoms with Crippen LogP contribution in [0.5, 0.6) is 0 Å². The number of benzene rings is 1. The molecule has 88 valence electrons. The van der Waals surface area contributed by atoms with Crippen molar-refractivity contribution in [3.8, 4) is 0 Å². The molecule has 2 aromatic heterocycles. The summed E-state index contributed by atoms with van der Waals surface area (Å²) >= 11 is 0. The zero-order valence-corrected chi connectivity index (χ0v) is 9.58. The molecule has 0 saturated heterocycles. The molecule has 4 nitrogen and oxygen atoms in total. The van der Waals surface area contributed by atoms with Crippen LogP contribution in [-0.2, 0) is 0 Å². The van der Waals surface area contributed by atoms with Crippen molar-refractivity contribution < 1.29 is 4.79 Å². The average molecular weight is 237 g/mol. The summed E-state index contributed by atoms with van der Waals surface area (Å²) in [7, 11) is 0. The van der Waals surface area contributed by atoms with Gasteiger partial charge < -0.3 is 9.72 Å². The Balaban J connectivity index is 1.87. The van der Waals surface area contributed by atoms with Crippen LogP contribution in [0.25, 0.3) is 5.65 Å². The highest BCUT2D eigenvalue weighted by molar-refractivity contribution is 6.04. The first-order valence-electron chi connectivity index (χ1n) is 5.62. The van der Waals surface area contributed by atoms with Crippen LogP contribution in [-0.4, -0.2) is 15.3 Å². The maximum Gasteiger partial charge on any atom is 0.255 e. The molecule has 1 aromatic carbocycles. The van der Waals surface area contributed by atoms with E-state index in [1.54, 1.807) is 18.3 Å². The number of carbonyl (C=O) groups excluding carboxylic acids is 1. The minimum absolute atomic E-state index is 0.133. The number of hydrogen-bond acceptors (Lipinski definition) is 2. The Kier molecular flexibility index (Phi) is 2.53. The fourth-order valence-corrected chi connectivity index (χ4v) is 1.78. The third-order valence-electron chi connectivity index (χ3n) is 2.69. The van der Waals surface area contributed by atoms with Gasteiger partial charge in [-0.3, -0.25) is 4.79 Å². The summed E-state index contributed by atoms with van der Waals surface area (Å²) in [5.74, 6) is -0.133. The van der Waals surface area contributed by atoms with Crippen molar-refractivity contribution in [2.45, 2.75) is 0 Å². The number of imidazole rings is 1. The fraction of sp³-hybridized carbons (Fsp3) is 0. The van der Waals surface area contributed by atoms with Gasteiger partial charge >= 0.3 is 0 Å². The molecule has 0 bridgehead atoms. The predicted octanol–water partition coefficient (Wildman–Crippen LogP) is 2.59. The third-order valence-corrected chi connectivity index (χ3v) is 2.69. The van der Waals surface area contributed by atoms with E-state index in [1.807, 2.05) is 47.1 Å². The molecule has 3 rings (SSSR count). The van der Waals surface area contributed by atoms with Gasteiger partial charge in [0.1, 0.15) is 5.65 Å². The van der Waals surface area contributed by atoms with Gasteiger partial charge in [0.25, 0.3) is 5.91 Å². The van der Waals surface area contributed by atoms with E-state index in [9.17, 15) is 4.79 Å². The van der Waals surface area contributed by atoms with Crippen LogP contribution in [0.15, 0.2) is 61.1 Å². The Morgan fingerprint density at radius 3 is 2.78 bits per heavy atom. The number of nitrogens with zero attached hydrogens (tertiary/aromatic N) is 2. The molecule has 4 heteroatoms. The van der Waals surface area contributed by atoms with Crippen molar-refractivity contribution in [1.29, 1.82) is 0 Å². The molecule has 0 saturated carbocycles. The van der Waals surface area contributed by atoms with Gasteiger partial charge in [-0.05, 0) is 24.3 Å². The SMILES string of the molecule is O=C(Nc1ccccc1)c1ccn2ccnc2c1. The van der Waals surface area contributed by atoms with E-state index in [0.717, 1.165) is 11.3 Å². The Hall–Kier alpha value is -2.62. The van der Waals surface area contributed by atoms with Gasteiger partial charge in [-0.25, -0.2) is 4.98 Å². The van der Waals surface area contributed by atoms with Crippen molar-refractivity contribution in [3.63, 3.8) is 0 Å². The summed E-state index contributed by atoms with van der Waals surface area (Å²) in [4.78, 5) is 16.2. The topological polar surface area (TPSA) is 46.4 Å². The molecule has 0 atom stereocenters. The number of carbonyl (C=O) groups is 1. The molecular formula is C14H11N3O. The largest absolute Gasteiger partial charge is 0.322 e. The van der Waals surface area contributed by atoms with Gasteiger partial charge in [-0.15, -0.1) is 0 Å². The van der Waals surface area contributed by atoms with E-state index in [2.05, 4.69) is 10.3 Å². The quantitative estimate of drug-likeness (QED) is 0.744. The number of rotatable bonds is 2. The molecule has 0 radical (unpaired) electrons. The third kappa shape index (κ3) is 1.96. The number of para-hydroxylation sites is 1. The number of pyridine rings is 1. The molecular weight excluding hydrogens is 226 g/mol. The van der Waals surface area contributed by atoms with E-state index in [-0.39, 0.29) is 5.91 Å². The van der Waals surface area contributed by atoms with E-state index in [0.29, 0.717) is 5.56 Å². The Morgan fingerprint density at radius 2 is 1.94 bits per heavy atom. The number of fused-ring (bicyclic) bond motifs is 1. The molecule has 3 aromatic rings. The summed E-state index contributed by atoms with van der Waals surface area (Å²) in [5, 5.41) is 2.84. The number of aromatic nitrogens is 2. The molecule has 0 aliphatic carbocycles. The van der Waals surface area contributed by atoms with Crippen molar-refractivity contribution in [1.82, 2.24) is 9.38 Å². The Bertz CT molecular complexity index is 688.